The summed E-state index contributed by atoms with van der Waals surface area (Å²) in [6.07, 6.45) is 0. The summed E-state index contributed by atoms with van der Waals surface area (Å²) in [5, 5.41) is 29.8. The molecule has 206 valence electrons. The van der Waals surface area contributed by atoms with E-state index in [9.17, 15) is 14.7 Å². The normalized spacial score (nSPS) is 11.6. The van der Waals surface area contributed by atoms with Crippen LogP contribution in [0.25, 0.3) is 0 Å². The summed E-state index contributed by atoms with van der Waals surface area (Å²) >= 11 is 0. The molecule has 0 fully saturated rings. The average molecular weight is 537 g/mol. The van der Waals surface area contributed by atoms with Crippen LogP contribution in [0.3, 0.4) is 0 Å². The third kappa shape index (κ3) is 9.73. The molecule has 11 nitrogen and oxygen atoms in total. The zero-order valence-corrected chi connectivity index (χ0v) is 21.8. The van der Waals surface area contributed by atoms with Gasteiger partial charge in [0.25, 0.3) is 5.97 Å². The molecule has 0 radical (unpaired) electrons. The van der Waals surface area contributed by atoms with E-state index in [0.29, 0.717) is 34.9 Å². The predicted octanol–water partition coefficient (Wildman–Crippen LogP) is 3.39. The van der Waals surface area contributed by atoms with Crippen LogP contribution in [0.5, 0.6) is 11.5 Å². The molecule has 2 atom stereocenters. The lowest BCUT2D eigenvalue weighted by Gasteiger charge is -2.22. The second-order valence-corrected chi connectivity index (χ2v) is 8.34. The molecule has 0 saturated heterocycles. The highest BCUT2D eigenvalue weighted by Gasteiger charge is 2.25. The van der Waals surface area contributed by atoms with Crippen molar-refractivity contribution in [2.45, 2.75) is 32.5 Å². The summed E-state index contributed by atoms with van der Waals surface area (Å²) in [5.41, 5.74) is 8.17. The van der Waals surface area contributed by atoms with Crippen molar-refractivity contribution in [3.8, 4) is 11.5 Å². The SMILES string of the molecule is CC(=O)O.COc1cc([C@@H](Nc2ccc(C(=N)N)cc2)C(=O)N[C@@H](C)C(=O)O)ccc1OCc1ccccc1. The number of aliphatic carboxylic acids is 2. The van der Waals surface area contributed by atoms with Gasteiger partial charge in [0.2, 0.25) is 5.91 Å². The zero-order chi connectivity index (χ0) is 28.9. The number of hydrogen-bond acceptors (Lipinski definition) is 7. The maximum Gasteiger partial charge on any atom is 0.325 e. The van der Waals surface area contributed by atoms with Crippen LogP contribution in [-0.4, -0.2) is 47.0 Å². The smallest absolute Gasteiger partial charge is 0.325 e. The van der Waals surface area contributed by atoms with Crippen LogP contribution in [0, 0.1) is 5.41 Å². The van der Waals surface area contributed by atoms with E-state index in [1.54, 1.807) is 42.5 Å². The van der Waals surface area contributed by atoms with E-state index in [-0.39, 0.29) is 5.84 Å². The molecule has 0 aromatic heterocycles. The average Bonchev–Trinajstić information content (AvgIpc) is 2.90. The van der Waals surface area contributed by atoms with Crippen molar-refractivity contribution in [1.29, 1.82) is 5.41 Å². The summed E-state index contributed by atoms with van der Waals surface area (Å²) in [7, 11) is 1.50. The number of nitrogens with two attached hydrogens (primary N) is 1. The quantitative estimate of drug-likeness (QED) is 0.158. The molecule has 0 unspecified atom stereocenters. The number of anilines is 1. The molecule has 0 bridgehead atoms. The van der Waals surface area contributed by atoms with Gasteiger partial charge in [-0.2, -0.15) is 0 Å². The van der Waals surface area contributed by atoms with Gasteiger partial charge in [-0.1, -0.05) is 36.4 Å². The summed E-state index contributed by atoms with van der Waals surface area (Å²) in [6.45, 7) is 2.82. The fourth-order valence-corrected chi connectivity index (χ4v) is 3.29. The second kappa shape index (κ2) is 14.6. The van der Waals surface area contributed by atoms with Crippen molar-refractivity contribution < 1.29 is 34.1 Å². The summed E-state index contributed by atoms with van der Waals surface area (Å²) in [6, 6.07) is 19.4. The lowest BCUT2D eigenvalue weighted by Crippen LogP contribution is -2.42. The van der Waals surface area contributed by atoms with Gasteiger partial charge >= 0.3 is 5.97 Å². The molecule has 3 aromatic rings. The third-order valence-corrected chi connectivity index (χ3v) is 5.26. The Morgan fingerprint density at radius 3 is 2.13 bits per heavy atom. The van der Waals surface area contributed by atoms with Gasteiger partial charge in [-0.15, -0.1) is 0 Å². The van der Waals surface area contributed by atoms with Crippen LogP contribution >= 0.6 is 0 Å². The van der Waals surface area contributed by atoms with Gasteiger partial charge in [-0.25, -0.2) is 0 Å². The first-order chi connectivity index (χ1) is 18.5. The Morgan fingerprint density at radius 1 is 0.974 bits per heavy atom. The van der Waals surface area contributed by atoms with E-state index in [2.05, 4.69) is 10.6 Å². The van der Waals surface area contributed by atoms with Crippen LogP contribution in [0.1, 0.15) is 36.6 Å². The molecule has 0 aliphatic rings. The topological polar surface area (TPSA) is 184 Å². The Hall–Kier alpha value is -5.06. The lowest BCUT2D eigenvalue weighted by molar-refractivity contribution is -0.141. The second-order valence-electron chi connectivity index (χ2n) is 8.34. The van der Waals surface area contributed by atoms with Gasteiger partial charge < -0.3 is 36.1 Å². The molecule has 7 N–H and O–H groups in total. The van der Waals surface area contributed by atoms with Gasteiger partial charge in [0, 0.05) is 18.2 Å². The fraction of sp³-hybridized carbons (Fsp3) is 0.214. The zero-order valence-electron chi connectivity index (χ0n) is 21.8. The number of rotatable bonds is 11. The maximum atomic E-state index is 13.1. The number of ether oxygens (including phenoxy) is 2. The first kappa shape index (κ1) is 30.2. The van der Waals surface area contributed by atoms with E-state index in [1.807, 2.05) is 30.3 Å². The van der Waals surface area contributed by atoms with E-state index < -0.39 is 29.9 Å². The van der Waals surface area contributed by atoms with E-state index in [1.165, 1.54) is 14.0 Å². The van der Waals surface area contributed by atoms with Crippen molar-refractivity contribution in [3.05, 3.63) is 89.5 Å². The highest BCUT2D eigenvalue weighted by Crippen LogP contribution is 2.32. The minimum absolute atomic E-state index is 0.0723. The number of nitrogen functional groups attached to an aromatic ring is 1. The number of amidine groups is 1. The van der Waals surface area contributed by atoms with Gasteiger partial charge in [0.05, 0.1) is 7.11 Å². The Bertz CT molecular complexity index is 1280. The number of carboxylic acids is 2. The number of benzene rings is 3. The Morgan fingerprint density at radius 2 is 1.59 bits per heavy atom. The van der Waals surface area contributed by atoms with Crippen LogP contribution < -0.4 is 25.8 Å². The molecule has 0 aliphatic carbocycles. The van der Waals surface area contributed by atoms with Crippen molar-refractivity contribution in [3.63, 3.8) is 0 Å². The molecule has 0 heterocycles. The number of amides is 1. The molecule has 0 saturated carbocycles. The highest BCUT2D eigenvalue weighted by molar-refractivity contribution is 5.95. The van der Waals surface area contributed by atoms with Crippen LogP contribution in [0.4, 0.5) is 5.69 Å². The van der Waals surface area contributed by atoms with Crippen LogP contribution in [0.2, 0.25) is 0 Å². The fourth-order valence-electron chi connectivity index (χ4n) is 3.29. The molecule has 0 spiro atoms. The molecular weight excluding hydrogens is 504 g/mol. The molecule has 39 heavy (non-hydrogen) atoms. The molecule has 3 aromatic carbocycles. The Kier molecular flexibility index (Phi) is 11.3. The van der Waals surface area contributed by atoms with Gasteiger partial charge in [-0.05, 0) is 54.4 Å². The minimum atomic E-state index is -1.15. The number of hydrogen-bond donors (Lipinski definition) is 6. The van der Waals surface area contributed by atoms with Gasteiger partial charge in [0.1, 0.15) is 24.5 Å². The summed E-state index contributed by atoms with van der Waals surface area (Å²) in [5.74, 6) is -1.65. The van der Waals surface area contributed by atoms with E-state index in [4.69, 9.17) is 30.5 Å². The largest absolute Gasteiger partial charge is 0.493 e. The van der Waals surface area contributed by atoms with Crippen molar-refractivity contribution in [2.75, 3.05) is 12.4 Å². The standard InChI is InChI=1S/C26H28N4O5.C2H4O2/c1-16(26(32)33)29-25(31)23(30-20-11-8-18(9-12-20)24(27)28)19-10-13-21(22(14-19)34-2)35-15-17-6-4-3-5-7-17;1-2(3)4/h3-14,16,23,30H,15H2,1-2H3,(H3,27,28)(H,29,31)(H,32,33);1H3,(H,3,4)/t16-,23+;/m0./s1. The van der Waals surface area contributed by atoms with Crippen LogP contribution in [0.15, 0.2) is 72.8 Å². The summed E-state index contributed by atoms with van der Waals surface area (Å²) in [4.78, 5) is 33.4. The molecule has 11 heteroatoms. The monoisotopic (exact) mass is 536 g/mol. The maximum absolute atomic E-state index is 13.1. The number of nitrogens with one attached hydrogen (secondary N) is 3. The van der Waals surface area contributed by atoms with E-state index >= 15 is 0 Å². The predicted molar refractivity (Wildman–Crippen MR) is 146 cm³/mol. The minimum Gasteiger partial charge on any atom is -0.493 e. The van der Waals surface area contributed by atoms with Crippen molar-refractivity contribution >= 4 is 29.4 Å². The number of carbonyl (C=O) groups is 3. The number of methoxy groups -OCH3 is 1. The Labute approximate surface area is 226 Å². The van der Waals surface area contributed by atoms with Gasteiger partial charge in [0.15, 0.2) is 11.5 Å². The molecule has 1 amide bonds. The van der Waals surface area contributed by atoms with Crippen molar-refractivity contribution in [1.82, 2.24) is 5.32 Å². The number of carboxylic acid groups (broad SMARTS) is 2. The van der Waals surface area contributed by atoms with Gasteiger partial charge in [-0.3, -0.25) is 19.8 Å². The van der Waals surface area contributed by atoms with Crippen LogP contribution in [-0.2, 0) is 21.0 Å². The Balaban J connectivity index is 0.00000124. The molecule has 0 aliphatic heterocycles. The highest BCUT2D eigenvalue weighted by atomic mass is 16.5. The van der Waals surface area contributed by atoms with Crippen molar-refractivity contribution in [2.24, 2.45) is 5.73 Å². The molecular formula is C28H32N4O7. The first-order valence-electron chi connectivity index (χ1n) is 11.8. The lowest BCUT2D eigenvalue weighted by atomic mass is 10.0. The summed E-state index contributed by atoms with van der Waals surface area (Å²) < 4.78 is 11.4. The number of carbonyl (C=O) groups excluding carboxylic acids is 1. The van der Waals surface area contributed by atoms with E-state index in [0.717, 1.165) is 12.5 Å². The first-order valence-corrected chi connectivity index (χ1v) is 11.8. The third-order valence-electron chi connectivity index (χ3n) is 5.26. The molecule has 3 rings (SSSR count).